The van der Waals surface area contributed by atoms with E-state index in [-0.39, 0.29) is 22.7 Å². The summed E-state index contributed by atoms with van der Waals surface area (Å²) in [5.41, 5.74) is -0.587. The number of halogens is 1. The third kappa shape index (κ3) is 3.27. The lowest BCUT2D eigenvalue weighted by Gasteiger charge is -2.16. The monoisotopic (exact) mass is 312 g/mol. The fourth-order valence-corrected chi connectivity index (χ4v) is 2.52. The Morgan fingerprint density at radius 3 is 2.90 bits per heavy atom. The molecule has 1 atom stereocenters. The maximum absolute atomic E-state index is 12.4. The van der Waals surface area contributed by atoms with Crippen LogP contribution >= 0.6 is 11.6 Å². The number of hydrogen-bond donors (Lipinski definition) is 1. The lowest BCUT2D eigenvalue weighted by atomic mass is 10.2. The van der Waals surface area contributed by atoms with Crippen molar-refractivity contribution in [2.75, 3.05) is 13.1 Å². The molecule has 0 saturated carbocycles. The number of carbonyl (C=O) groups is 2. The number of pyridine rings is 1. The Labute approximate surface area is 125 Å². The fraction of sp³-hybridized carbons (Fsp3) is 0.417. The molecule has 112 valence electrons. The lowest BCUT2D eigenvalue weighted by Crippen LogP contribution is -2.37. The summed E-state index contributed by atoms with van der Waals surface area (Å²) in [6.07, 6.45) is 1.86. The fourth-order valence-electron chi connectivity index (χ4n) is 2.30. The molecule has 0 radical (unpaired) electrons. The first kappa shape index (κ1) is 15.2. The highest BCUT2D eigenvalue weighted by Gasteiger charge is 2.32. The Kier molecular flexibility index (Phi) is 4.37. The van der Waals surface area contributed by atoms with Gasteiger partial charge in [-0.05, 0) is 12.5 Å². The van der Waals surface area contributed by atoms with Crippen molar-refractivity contribution in [1.29, 1.82) is 0 Å². The van der Waals surface area contributed by atoms with Gasteiger partial charge in [-0.3, -0.25) is 19.7 Å². The summed E-state index contributed by atoms with van der Waals surface area (Å²) in [6, 6.07) is 1.14. The van der Waals surface area contributed by atoms with Crippen LogP contribution in [0.3, 0.4) is 0 Å². The van der Waals surface area contributed by atoms with Gasteiger partial charge < -0.3 is 10.2 Å². The van der Waals surface area contributed by atoms with Crippen molar-refractivity contribution < 1.29 is 14.5 Å². The van der Waals surface area contributed by atoms with E-state index in [1.54, 1.807) is 0 Å². The molecule has 2 amide bonds. The predicted molar refractivity (Wildman–Crippen MR) is 74.0 cm³/mol. The van der Waals surface area contributed by atoms with Gasteiger partial charge in [-0.25, -0.2) is 4.98 Å². The van der Waals surface area contributed by atoms with Crippen molar-refractivity contribution in [2.45, 2.75) is 19.4 Å². The molecule has 1 saturated heterocycles. The number of amides is 2. The summed E-state index contributed by atoms with van der Waals surface area (Å²) in [4.78, 5) is 38.8. The number of nitro groups is 1. The van der Waals surface area contributed by atoms with Gasteiger partial charge in [0.05, 0.1) is 4.92 Å². The molecule has 2 heterocycles. The maximum Gasteiger partial charge on any atom is 0.319 e. The van der Waals surface area contributed by atoms with Gasteiger partial charge in [0.1, 0.15) is 5.56 Å². The molecule has 21 heavy (non-hydrogen) atoms. The number of rotatable bonds is 3. The highest BCUT2D eigenvalue weighted by molar-refractivity contribution is 6.32. The van der Waals surface area contributed by atoms with Gasteiger partial charge in [0.2, 0.25) is 11.1 Å². The van der Waals surface area contributed by atoms with Crippen molar-refractivity contribution in [2.24, 2.45) is 0 Å². The van der Waals surface area contributed by atoms with E-state index in [4.69, 9.17) is 11.6 Å². The van der Waals surface area contributed by atoms with E-state index in [1.807, 2.05) is 0 Å². The van der Waals surface area contributed by atoms with E-state index >= 15 is 0 Å². The van der Waals surface area contributed by atoms with Crippen LogP contribution in [0.4, 0.5) is 5.69 Å². The zero-order valence-corrected chi connectivity index (χ0v) is 12.0. The van der Waals surface area contributed by atoms with Gasteiger partial charge in [0, 0.05) is 32.3 Å². The minimum Gasteiger partial charge on any atom is -0.352 e. The van der Waals surface area contributed by atoms with Crippen LogP contribution in [0, 0.1) is 10.1 Å². The quantitative estimate of drug-likeness (QED) is 0.509. The second-order valence-corrected chi connectivity index (χ2v) is 5.05. The largest absolute Gasteiger partial charge is 0.352 e. The molecule has 0 spiro atoms. The first-order valence-electron chi connectivity index (χ1n) is 6.25. The molecule has 0 aliphatic carbocycles. The minimum atomic E-state index is -0.718. The zero-order chi connectivity index (χ0) is 15.6. The van der Waals surface area contributed by atoms with Gasteiger partial charge in [-0.2, -0.15) is 0 Å². The summed E-state index contributed by atoms with van der Waals surface area (Å²) in [5.74, 6) is -0.661. The first-order chi connectivity index (χ1) is 9.90. The second kappa shape index (κ2) is 6.04. The summed E-state index contributed by atoms with van der Waals surface area (Å²) in [6.45, 7) is 2.13. The number of nitrogens with zero attached hydrogens (tertiary/aromatic N) is 3. The predicted octanol–water partition coefficient (Wildman–Crippen LogP) is 0.994. The number of carbonyl (C=O) groups excluding carboxylic acids is 2. The number of likely N-dealkylation sites (tertiary alicyclic amines) is 1. The summed E-state index contributed by atoms with van der Waals surface area (Å²) in [5, 5.41) is 13.4. The molecular weight excluding hydrogens is 300 g/mol. The molecule has 1 aliphatic rings. The van der Waals surface area contributed by atoms with Gasteiger partial charge >= 0.3 is 5.69 Å². The van der Waals surface area contributed by atoms with E-state index in [2.05, 4.69) is 10.3 Å². The van der Waals surface area contributed by atoms with Crippen LogP contribution in [0.25, 0.3) is 0 Å². The molecule has 1 N–H and O–H groups in total. The molecule has 9 heteroatoms. The van der Waals surface area contributed by atoms with Crippen molar-refractivity contribution >= 4 is 29.1 Å². The third-order valence-electron chi connectivity index (χ3n) is 3.18. The van der Waals surface area contributed by atoms with Crippen LogP contribution in [-0.4, -0.2) is 45.8 Å². The standard InChI is InChI=1S/C12H13ClN4O4/c1-7(18)15-8-3-5-16(6-8)12(19)9-2-4-14-11(13)10(9)17(20)21/h2,4,8H,3,5-6H2,1H3,(H,15,18). The van der Waals surface area contributed by atoms with Crippen molar-refractivity contribution in [3.63, 3.8) is 0 Å². The highest BCUT2D eigenvalue weighted by atomic mass is 35.5. The van der Waals surface area contributed by atoms with E-state index < -0.39 is 16.5 Å². The van der Waals surface area contributed by atoms with Gasteiger partial charge in [-0.1, -0.05) is 11.6 Å². The van der Waals surface area contributed by atoms with Crippen molar-refractivity contribution in [1.82, 2.24) is 15.2 Å². The molecule has 1 aliphatic heterocycles. The van der Waals surface area contributed by atoms with Crippen LogP contribution in [0.2, 0.25) is 5.15 Å². The van der Waals surface area contributed by atoms with E-state index in [1.165, 1.54) is 24.1 Å². The summed E-state index contributed by atoms with van der Waals surface area (Å²) < 4.78 is 0. The summed E-state index contributed by atoms with van der Waals surface area (Å²) >= 11 is 5.69. The normalized spacial score (nSPS) is 17.6. The third-order valence-corrected chi connectivity index (χ3v) is 3.45. The van der Waals surface area contributed by atoms with E-state index in [0.717, 1.165) is 0 Å². The average molecular weight is 313 g/mol. The Hall–Kier alpha value is -2.22. The second-order valence-electron chi connectivity index (χ2n) is 4.69. The molecule has 8 nitrogen and oxygen atoms in total. The maximum atomic E-state index is 12.4. The lowest BCUT2D eigenvalue weighted by molar-refractivity contribution is -0.385. The van der Waals surface area contributed by atoms with E-state index in [0.29, 0.717) is 19.5 Å². The number of aromatic nitrogens is 1. The molecule has 1 aromatic heterocycles. The molecule has 2 rings (SSSR count). The van der Waals surface area contributed by atoms with Crippen molar-refractivity contribution in [3.8, 4) is 0 Å². The molecule has 0 aromatic carbocycles. The van der Waals surface area contributed by atoms with Crippen LogP contribution in [-0.2, 0) is 4.79 Å². The molecular formula is C12H13ClN4O4. The van der Waals surface area contributed by atoms with Crippen molar-refractivity contribution in [3.05, 3.63) is 33.1 Å². The Bertz CT molecular complexity index is 607. The molecule has 0 bridgehead atoms. The van der Waals surface area contributed by atoms with Gasteiger partial charge in [-0.15, -0.1) is 0 Å². The molecule has 1 unspecified atom stereocenters. The zero-order valence-electron chi connectivity index (χ0n) is 11.2. The Morgan fingerprint density at radius 2 is 2.29 bits per heavy atom. The SMILES string of the molecule is CC(=O)NC1CCN(C(=O)c2ccnc(Cl)c2[N+](=O)[O-])C1. The van der Waals surface area contributed by atoms with Crippen LogP contribution in [0.15, 0.2) is 12.3 Å². The first-order valence-corrected chi connectivity index (χ1v) is 6.63. The average Bonchev–Trinajstić information content (AvgIpc) is 2.84. The van der Waals surface area contributed by atoms with Crippen LogP contribution in [0.1, 0.15) is 23.7 Å². The van der Waals surface area contributed by atoms with Crippen LogP contribution in [0.5, 0.6) is 0 Å². The Morgan fingerprint density at radius 1 is 1.57 bits per heavy atom. The number of nitrogens with one attached hydrogen (secondary N) is 1. The Balaban J connectivity index is 2.20. The topological polar surface area (TPSA) is 105 Å². The molecule has 1 aromatic rings. The van der Waals surface area contributed by atoms with E-state index in [9.17, 15) is 19.7 Å². The van der Waals surface area contributed by atoms with Crippen LogP contribution < -0.4 is 5.32 Å². The highest BCUT2D eigenvalue weighted by Crippen LogP contribution is 2.28. The van der Waals surface area contributed by atoms with Gasteiger partial charge in [0.15, 0.2) is 0 Å². The summed E-state index contributed by atoms with van der Waals surface area (Å²) in [7, 11) is 0. The number of hydrogen-bond acceptors (Lipinski definition) is 5. The smallest absolute Gasteiger partial charge is 0.319 e. The minimum absolute atomic E-state index is 0.0940. The molecule has 1 fully saturated rings. The van der Waals surface area contributed by atoms with Gasteiger partial charge in [0.25, 0.3) is 5.91 Å².